The molecule has 13 heavy (non-hydrogen) atoms. The van der Waals surface area contributed by atoms with Crippen molar-refractivity contribution in [3.05, 3.63) is 22.7 Å². The van der Waals surface area contributed by atoms with E-state index in [1.807, 2.05) is 12.1 Å². The van der Waals surface area contributed by atoms with Crippen LogP contribution in [0.2, 0.25) is 0 Å². The zero-order valence-corrected chi connectivity index (χ0v) is 9.28. The number of thiophene rings is 1. The highest BCUT2D eigenvalue weighted by atomic mass is 79.9. The Labute approximate surface area is 87.9 Å². The number of halogens is 1. The first-order chi connectivity index (χ1) is 6.20. The van der Waals surface area contributed by atoms with E-state index in [0.717, 1.165) is 20.3 Å². The summed E-state index contributed by atoms with van der Waals surface area (Å²) in [6.07, 6.45) is 0. The lowest BCUT2D eigenvalue weighted by Gasteiger charge is -2.00. The molecule has 1 aromatic heterocycles. The lowest BCUT2D eigenvalue weighted by atomic mass is 10.2. The predicted molar refractivity (Wildman–Crippen MR) is 57.7 cm³/mol. The van der Waals surface area contributed by atoms with E-state index in [2.05, 4.69) is 15.9 Å². The van der Waals surface area contributed by atoms with Crippen molar-refractivity contribution in [3.8, 4) is 10.8 Å². The van der Waals surface area contributed by atoms with Crippen LogP contribution in [0.5, 0.6) is 10.8 Å². The first-order valence-electron chi connectivity index (χ1n) is 3.67. The molecule has 0 amide bonds. The molecule has 0 aliphatic rings. The molecule has 0 saturated heterocycles. The molecule has 0 atom stereocenters. The van der Waals surface area contributed by atoms with Gasteiger partial charge in [0.1, 0.15) is 5.75 Å². The second kappa shape index (κ2) is 3.20. The maximum Gasteiger partial charge on any atom is 0.172 e. The molecule has 4 heteroatoms. The molecule has 1 aromatic carbocycles. The highest BCUT2D eigenvalue weighted by Crippen LogP contribution is 2.38. The normalized spacial score (nSPS) is 10.6. The number of rotatable bonds is 1. The zero-order chi connectivity index (χ0) is 9.42. The summed E-state index contributed by atoms with van der Waals surface area (Å²) in [6.45, 7) is 0. The van der Waals surface area contributed by atoms with Gasteiger partial charge in [0.15, 0.2) is 5.06 Å². The third kappa shape index (κ3) is 1.51. The van der Waals surface area contributed by atoms with Gasteiger partial charge in [0.05, 0.1) is 11.8 Å². The Bertz CT molecular complexity index is 450. The Kier molecular flexibility index (Phi) is 2.17. The molecular formula is C9H7BrO2S. The fourth-order valence-corrected chi connectivity index (χ4v) is 2.67. The molecule has 2 rings (SSSR count). The number of aromatic hydroxyl groups is 1. The smallest absolute Gasteiger partial charge is 0.172 e. The van der Waals surface area contributed by atoms with E-state index in [9.17, 15) is 5.11 Å². The van der Waals surface area contributed by atoms with Crippen LogP contribution in [0.15, 0.2) is 22.7 Å². The van der Waals surface area contributed by atoms with E-state index in [-0.39, 0.29) is 0 Å². The molecule has 68 valence electrons. The topological polar surface area (TPSA) is 29.5 Å². The minimum Gasteiger partial charge on any atom is -0.499 e. The van der Waals surface area contributed by atoms with E-state index in [0.29, 0.717) is 5.06 Å². The van der Waals surface area contributed by atoms with Gasteiger partial charge in [-0.05, 0) is 34.1 Å². The lowest BCUT2D eigenvalue weighted by molar-refractivity contribution is 0.415. The van der Waals surface area contributed by atoms with E-state index in [1.54, 1.807) is 13.2 Å². The van der Waals surface area contributed by atoms with Crippen molar-refractivity contribution in [2.75, 3.05) is 7.11 Å². The zero-order valence-electron chi connectivity index (χ0n) is 6.87. The van der Waals surface area contributed by atoms with Crippen LogP contribution in [0, 0.1) is 0 Å². The highest BCUT2D eigenvalue weighted by Gasteiger charge is 2.06. The Balaban J connectivity index is 2.75. The Morgan fingerprint density at radius 2 is 2.15 bits per heavy atom. The quantitative estimate of drug-likeness (QED) is 0.850. The summed E-state index contributed by atoms with van der Waals surface area (Å²) < 4.78 is 7.10. The summed E-state index contributed by atoms with van der Waals surface area (Å²) in [4.78, 5) is 0. The van der Waals surface area contributed by atoms with Gasteiger partial charge in [-0.2, -0.15) is 0 Å². The summed E-state index contributed by atoms with van der Waals surface area (Å²) in [5.41, 5.74) is 0. The van der Waals surface area contributed by atoms with Gasteiger partial charge in [0, 0.05) is 9.86 Å². The van der Waals surface area contributed by atoms with Crippen molar-refractivity contribution in [2.45, 2.75) is 0 Å². The summed E-state index contributed by atoms with van der Waals surface area (Å²) >= 11 is 4.77. The third-order valence-corrected chi connectivity index (χ3v) is 3.64. The molecule has 0 unspecified atom stereocenters. The number of hydrogen-bond acceptors (Lipinski definition) is 3. The molecule has 2 nitrogen and oxygen atoms in total. The molecule has 0 spiro atoms. The number of methoxy groups -OCH3 is 1. The molecule has 0 radical (unpaired) electrons. The number of ether oxygens (including phenoxy) is 1. The second-order valence-corrected chi connectivity index (χ2v) is 4.50. The Morgan fingerprint density at radius 3 is 2.85 bits per heavy atom. The SMILES string of the molecule is COc1cc(Br)c2sc(O)cc2c1. The summed E-state index contributed by atoms with van der Waals surface area (Å²) in [5.74, 6) is 0.789. The number of hydrogen-bond donors (Lipinski definition) is 1. The van der Waals surface area contributed by atoms with Gasteiger partial charge >= 0.3 is 0 Å². The van der Waals surface area contributed by atoms with Gasteiger partial charge < -0.3 is 9.84 Å². The van der Waals surface area contributed by atoms with Crippen molar-refractivity contribution in [2.24, 2.45) is 0 Å². The van der Waals surface area contributed by atoms with E-state index in [4.69, 9.17) is 4.74 Å². The fourth-order valence-electron chi connectivity index (χ4n) is 1.19. The second-order valence-electron chi connectivity index (χ2n) is 2.61. The molecule has 1 heterocycles. The molecule has 0 saturated carbocycles. The van der Waals surface area contributed by atoms with Crippen molar-refractivity contribution in [1.29, 1.82) is 0 Å². The van der Waals surface area contributed by atoms with E-state index >= 15 is 0 Å². The van der Waals surface area contributed by atoms with E-state index < -0.39 is 0 Å². The minimum atomic E-state index is 0.323. The largest absolute Gasteiger partial charge is 0.499 e. The van der Waals surface area contributed by atoms with Crippen LogP contribution in [-0.4, -0.2) is 12.2 Å². The van der Waals surface area contributed by atoms with Gasteiger partial charge in [-0.15, -0.1) is 0 Å². The van der Waals surface area contributed by atoms with Crippen molar-refractivity contribution >= 4 is 37.4 Å². The molecular weight excluding hydrogens is 252 g/mol. The monoisotopic (exact) mass is 258 g/mol. The van der Waals surface area contributed by atoms with Gasteiger partial charge in [-0.1, -0.05) is 11.3 Å². The Hall–Kier alpha value is -0.740. The van der Waals surface area contributed by atoms with Gasteiger partial charge in [-0.25, -0.2) is 0 Å². The maximum atomic E-state index is 9.30. The van der Waals surface area contributed by atoms with Crippen LogP contribution >= 0.6 is 27.3 Å². The summed E-state index contributed by atoms with van der Waals surface area (Å²) in [7, 11) is 1.62. The van der Waals surface area contributed by atoms with Crippen LogP contribution in [0.1, 0.15) is 0 Å². The molecule has 0 aliphatic heterocycles. The van der Waals surface area contributed by atoms with Crippen molar-refractivity contribution < 1.29 is 9.84 Å². The average molecular weight is 259 g/mol. The fraction of sp³-hybridized carbons (Fsp3) is 0.111. The number of fused-ring (bicyclic) bond motifs is 1. The standard InChI is InChI=1S/C9H7BrO2S/c1-12-6-2-5-3-8(11)13-9(5)7(10)4-6/h2-4,11H,1H3. The summed E-state index contributed by atoms with van der Waals surface area (Å²) in [5, 5.41) is 10.6. The van der Waals surface area contributed by atoms with Crippen LogP contribution in [-0.2, 0) is 0 Å². The minimum absolute atomic E-state index is 0.323. The van der Waals surface area contributed by atoms with Crippen LogP contribution in [0.4, 0.5) is 0 Å². The van der Waals surface area contributed by atoms with Gasteiger partial charge in [-0.3, -0.25) is 0 Å². The molecule has 0 fully saturated rings. The highest BCUT2D eigenvalue weighted by molar-refractivity contribution is 9.10. The first-order valence-corrected chi connectivity index (χ1v) is 5.27. The van der Waals surface area contributed by atoms with Crippen LogP contribution in [0.3, 0.4) is 0 Å². The van der Waals surface area contributed by atoms with Crippen LogP contribution < -0.4 is 4.74 Å². The molecule has 0 bridgehead atoms. The lowest BCUT2D eigenvalue weighted by Crippen LogP contribution is -1.81. The van der Waals surface area contributed by atoms with Gasteiger partial charge in [0.2, 0.25) is 0 Å². The molecule has 0 aliphatic carbocycles. The maximum absolute atomic E-state index is 9.30. The predicted octanol–water partition coefficient (Wildman–Crippen LogP) is 3.38. The molecule has 1 N–H and O–H groups in total. The third-order valence-electron chi connectivity index (χ3n) is 1.77. The first kappa shape index (κ1) is 8.84. The number of benzene rings is 1. The van der Waals surface area contributed by atoms with Gasteiger partial charge in [0.25, 0.3) is 0 Å². The van der Waals surface area contributed by atoms with Crippen molar-refractivity contribution in [3.63, 3.8) is 0 Å². The molecule has 2 aromatic rings. The van der Waals surface area contributed by atoms with E-state index in [1.165, 1.54) is 11.3 Å². The van der Waals surface area contributed by atoms with Crippen molar-refractivity contribution in [1.82, 2.24) is 0 Å². The van der Waals surface area contributed by atoms with Crippen LogP contribution in [0.25, 0.3) is 10.1 Å². The average Bonchev–Trinajstić information content (AvgIpc) is 2.46. The Morgan fingerprint density at radius 1 is 1.38 bits per heavy atom. The summed E-state index contributed by atoms with van der Waals surface area (Å²) in [6, 6.07) is 5.52.